The topological polar surface area (TPSA) is 108 Å². The quantitative estimate of drug-likeness (QED) is 0.502. The molecule has 2 rings (SSSR count). The largest absolute Gasteiger partial charge is 0.465 e. The third-order valence-corrected chi connectivity index (χ3v) is 3.69. The van der Waals surface area contributed by atoms with Gasteiger partial charge in [-0.3, -0.25) is 14.9 Å². The number of rotatable bonds is 5. The van der Waals surface area contributed by atoms with Crippen LogP contribution in [0.1, 0.15) is 40.5 Å². The van der Waals surface area contributed by atoms with Crippen molar-refractivity contribution in [3.8, 4) is 0 Å². The number of ether oxygens (including phenoxy) is 2. The summed E-state index contributed by atoms with van der Waals surface area (Å²) in [5.41, 5.74) is -0.358. The van der Waals surface area contributed by atoms with Gasteiger partial charge in [-0.05, 0) is 25.8 Å². The van der Waals surface area contributed by atoms with Crippen LogP contribution < -0.4 is 5.32 Å². The molecule has 8 nitrogen and oxygen atoms in total. The third-order valence-electron chi connectivity index (χ3n) is 3.69. The molecule has 0 radical (unpaired) electrons. The molecule has 0 saturated carbocycles. The van der Waals surface area contributed by atoms with Crippen LogP contribution >= 0.6 is 0 Å². The Labute approximate surface area is 132 Å². The van der Waals surface area contributed by atoms with Crippen molar-refractivity contribution in [1.29, 1.82) is 0 Å². The third kappa shape index (κ3) is 4.04. The second-order valence-corrected chi connectivity index (χ2v) is 5.33. The van der Waals surface area contributed by atoms with Crippen molar-refractivity contribution in [1.82, 2.24) is 5.32 Å². The lowest BCUT2D eigenvalue weighted by atomic mass is 10.1. The van der Waals surface area contributed by atoms with Crippen LogP contribution in [0.3, 0.4) is 0 Å². The van der Waals surface area contributed by atoms with Crippen molar-refractivity contribution in [2.45, 2.75) is 31.9 Å². The normalized spacial score (nSPS) is 18.3. The molecule has 1 amide bonds. The number of hydrogen-bond donors (Lipinski definition) is 1. The minimum atomic E-state index is -0.741. The number of nitrogens with zero attached hydrogens (tertiary/aromatic N) is 1. The minimum absolute atomic E-state index is 0.0319. The molecule has 2 atom stereocenters. The second kappa shape index (κ2) is 7.19. The van der Waals surface area contributed by atoms with Gasteiger partial charge in [0.1, 0.15) is 0 Å². The summed E-state index contributed by atoms with van der Waals surface area (Å²) in [6, 6.07) is 3.25. The maximum atomic E-state index is 12.3. The van der Waals surface area contributed by atoms with Gasteiger partial charge in [-0.25, -0.2) is 4.79 Å². The van der Waals surface area contributed by atoms with Crippen LogP contribution in [0.4, 0.5) is 5.69 Å². The molecule has 0 spiro atoms. The van der Waals surface area contributed by atoms with Crippen LogP contribution in [0.15, 0.2) is 18.2 Å². The van der Waals surface area contributed by atoms with E-state index in [1.807, 2.05) is 6.92 Å². The van der Waals surface area contributed by atoms with Gasteiger partial charge in [-0.15, -0.1) is 0 Å². The van der Waals surface area contributed by atoms with Gasteiger partial charge < -0.3 is 14.8 Å². The van der Waals surface area contributed by atoms with E-state index < -0.39 is 16.8 Å². The molecular formula is C15H18N2O6. The first-order valence-corrected chi connectivity index (χ1v) is 7.22. The van der Waals surface area contributed by atoms with Crippen molar-refractivity contribution in [3.05, 3.63) is 39.4 Å². The van der Waals surface area contributed by atoms with Crippen LogP contribution in [-0.2, 0) is 9.47 Å². The van der Waals surface area contributed by atoms with Crippen molar-refractivity contribution in [2.24, 2.45) is 0 Å². The maximum Gasteiger partial charge on any atom is 0.338 e. The van der Waals surface area contributed by atoms with E-state index in [2.05, 4.69) is 10.1 Å². The van der Waals surface area contributed by atoms with Crippen molar-refractivity contribution < 1.29 is 24.0 Å². The summed E-state index contributed by atoms with van der Waals surface area (Å²) in [5.74, 6) is -1.24. The average Bonchev–Trinajstić information content (AvgIpc) is 3.08. The SMILES string of the molecule is COC(=O)c1cc(C(=O)NC(C)C2CCCO2)cc([N+](=O)[O-])c1. The van der Waals surface area contributed by atoms with E-state index >= 15 is 0 Å². The standard InChI is InChI=1S/C15H18N2O6/c1-9(13-4-3-5-23-13)16-14(18)10-6-11(15(19)22-2)8-12(7-10)17(20)21/h6-9,13H,3-5H2,1-2H3,(H,16,18). The molecule has 0 aliphatic carbocycles. The van der Waals surface area contributed by atoms with Crippen LogP contribution in [0.5, 0.6) is 0 Å². The van der Waals surface area contributed by atoms with E-state index in [1.165, 1.54) is 13.2 Å². The summed E-state index contributed by atoms with van der Waals surface area (Å²) in [7, 11) is 1.17. The number of hydrogen-bond acceptors (Lipinski definition) is 6. The fourth-order valence-corrected chi connectivity index (χ4v) is 2.46. The van der Waals surface area contributed by atoms with Gasteiger partial charge in [0.25, 0.3) is 11.6 Å². The van der Waals surface area contributed by atoms with Crippen molar-refractivity contribution >= 4 is 17.6 Å². The number of benzene rings is 1. The Morgan fingerprint density at radius 1 is 1.39 bits per heavy atom. The molecule has 1 aliphatic heterocycles. The zero-order valence-corrected chi connectivity index (χ0v) is 12.9. The summed E-state index contributed by atoms with van der Waals surface area (Å²) in [5, 5.41) is 13.7. The highest BCUT2D eigenvalue weighted by Crippen LogP contribution is 2.19. The summed E-state index contributed by atoms with van der Waals surface area (Å²) in [6.07, 6.45) is 1.72. The van der Waals surface area contributed by atoms with Crippen molar-refractivity contribution in [2.75, 3.05) is 13.7 Å². The highest BCUT2D eigenvalue weighted by atomic mass is 16.6. The number of esters is 1. The fraction of sp³-hybridized carbons (Fsp3) is 0.467. The molecule has 1 heterocycles. The number of nitrogens with one attached hydrogen (secondary N) is 1. The summed E-state index contributed by atoms with van der Waals surface area (Å²) < 4.78 is 10.1. The predicted octanol–water partition coefficient (Wildman–Crippen LogP) is 1.68. The Morgan fingerprint density at radius 3 is 2.65 bits per heavy atom. The molecule has 1 saturated heterocycles. The number of carbonyl (C=O) groups excluding carboxylic acids is 2. The molecule has 1 aromatic rings. The first-order chi connectivity index (χ1) is 10.9. The Hall–Kier alpha value is -2.48. The van der Waals surface area contributed by atoms with Crippen LogP contribution in [0.25, 0.3) is 0 Å². The van der Waals surface area contributed by atoms with Gasteiger partial charge in [0.15, 0.2) is 0 Å². The lowest BCUT2D eigenvalue weighted by molar-refractivity contribution is -0.384. The van der Waals surface area contributed by atoms with E-state index in [-0.39, 0.29) is 29.0 Å². The molecule has 2 unspecified atom stereocenters. The average molecular weight is 322 g/mol. The summed E-state index contributed by atoms with van der Waals surface area (Å²) >= 11 is 0. The van der Waals surface area contributed by atoms with Gasteiger partial charge in [0, 0.05) is 24.3 Å². The first-order valence-electron chi connectivity index (χ1n) is 7.22. The number of nitro benzene ring substituents is 1. The fourth-order valence-electron chi connectivity index (χ4n) is 2.46. The molecular weight excluding hydrogens is 304 g/mol. The monoisotopic (exact) mass is 322 g/mol. The van der Waals surface area contributed by atoms with E-state index in [0.717, 1.165) is 25.0 Å². The van der Waals surface area contributed by atoms with Crippen LogP contribution in [0.2, 0.25) is 0 Å². The van der Waals surface area contributed by atoms with Gasteiger partial charge in [0.05, 0.1) is 29.7 Å². The van der Waals surface area contributed by atoms with Gasteiger partial charge in [-0.2, -0.15) is 0 Å². The number of methoxy groups -OCH3 is 1. The van der Waals surface area contributed by atoms with Crippen LogP contribution in [0, 0.1) is 10.1 Å². The molecule has 124 valence electrons. The van der Waals surface area contributed by atoms with E-state index in [4.69, 9.17) is 4.74 Å². The Morgan fingerprint density at radius 2 is 2.09 bits per heavy atom. The van der Waals surface area contributed by atoms with Gasteiger partial charge in [-0.1, -0.05) is 0 Å². The molecule has 0 bridgehead atoms. The van der Waals surface area contributed by atoms with E-state index in [9.17, 15) is 19.7 Å². The van der Waals surface area contributed by atoms with Crippen molar-refractivity contribution in [3.63, 3.8) is 0 Å². The first kappa shape index (κ1) is 16.9. The lowest BCUT2D eigenvalue weighted by Gasteiger charge is -2.20. The molecule has 0 aromatic heterocycles. The van der Waals surface area contributed by atoms with Gasteiger partial charge in [0.2, 0.25) is 0 Å². The number of non-ortho nitro benzene ring substituents is 1. The molecule has 8 heteroatoms. The molecule has 23 heavy (non-hydrogen) atoms. The number of nitro groups is 1. The molecule has 1 N–H and O–H groups in total. The second-order valence-electron chi connectivity index (χ2n) is 5.33. The van der Waals surface area contributed by atoms with Gasteiger partial charge >= 0.3 is 5.97 Å². The highest BCUT2D eigenvalue weighted by Gasteiger charge is 2.25. The molecule has 1 fully saturated rings. The van der Waals surface area contributed by atoms with E-state index in [0.29, 0.717) is 6.61 Å². The Kier molecular flexibility index (Phi) is 5.28. The zero-order valence-electron chi connectivity index (χ0n) is 12.9. The smallest absolute Gasteiger partial charge is 0.338 e. The van der Waals surface area contributed by atoms with Crippen LogP contribution in [-0.4, -0.2) is 42.7 Å². The molecule has 1 aromatic carbocycles. The number of carbonyl (C=O) groups is 2. The maximum absolute atomic E-state index is 12.3. The molecule has 1 aliphatic rings. The lowest BCUT2D eigenvalue weighted by Crippen LogP contribution is -2.40. The Bertz CT molecular complexity index is 624. The summed E-state index contributed by atoms with van der Waals surface area (Å²) in [4.78, 5) is 34.2. The summed E-state index contributed by atoms with van der Waals surface area (Å²) in [6.45, 7) is 2.47. The zero-order chi connectivity index (χ0) is 17.0. The van der Waals surface area contributed by atoms with E-state index in [1.54, 1.807) is 0 Å². The number of amides is 1. The predicted molar refractivity (Wildman–Crippen MR) is 80.3 cm³/mol. The Balaban J connectivity index is 2.22. The minimum Gasteiger partial charge on any atom is -0.465 e. The highest BCUT2D eigenvalue weighted by molar-refractivity contribution is 5.99.